The molecule has 1 saturated carbocycles. The first-order valence-corrected chi connectivity index (χ1v) is 6.98. The van der Waals surface area contributed by atoms with Crippen molar-refractivity contribution in [3.05, 3.63) is 23.9 Å². The van der Waals surface area contributed by atoms with E-state index in [-0.39, 0.29) is 0 Å². The Bertz CT molecular complexity index is 463. The summed E-state index contributed by atoms with van der Waals surface area (Å²) in [5.41, 5.74) is 0.714. The van der Waals surface area contributed by atoms with E-state index in [1.54, 1.807) is 12.3 Å². The van der Waals surface area contributed by atoms with E-state index in [0.29, 0.717) is 5.56 Å². The lowest BCUT2D eigenvalue weighted by Crippen LogP contribution is -2.42. The Labute approximate surface area is 108 Å². The number of piperidine rings is 1. The number of pyridine rings is 1. The minimum absolute atomic E-state index is 0.714. The number of hydrogen-bond donors (Lipinski definition) is 0. The number of nitriles is 1. The first-order valence-electron chi connectivity index (χ1n) is 6.98. The minimum atomic E-state index is 0.714. The van der Waals surface area contributed by atoms with Gasteiger partial charge in [0.05, 0.1) is 11.6 Å². The quantitative estimate of drug-likeness (QED) is 0.759. The van der Waals surface area contributed by atoms with Crippen LogP contribution in [0, 0.1) is 23.2 Å². The Morgan fingerprint density at radius 3 is 2.89 bits per heavy atom. The zero-order valence-electron chi connectivity index (χ0n) is 10.7. The van der Waals surface area contributed by atoms with Crippen molar-refractivity contribution in [2.24, 2.45) is 11.8 Å². The number of rotatable bonds is 1. The Hall–Kier alpha value is -1.56. The van der Waals surface area contributed by atoms with E-state index in [4.69, 9.17) is 5.26 Å². The van der Waals surface area contributed by atoms with Crippen molar-refractivity contribution in [3.63, 3.8) is 0 Å². The summed E-state index contributed by atoms with van der Waals surface area (Å²) in [7, 11) is 0. The molecule has 1 aromatic rings. The maximum Gasteiger partial charge on any atom is 0.129 e. The predicted octanol–water partition coefficient (Wildman–Crippen LogP) is 2.97. The highest BCUT2D eigenvalue weighted by molar-refractivity contribution is 5.45. The molecule has 1 aromatic heterocycles. The second-order valence-electron chi connectivity index (χ2n) is 5.55. The molecule has 2 unspecified atom stereocenters. The van der Waals surface area contributed by atoms with E-state index in [9.17, 15) is 0 Å². The van der Waals surface area contributed by atoms with E-state index < -0.39 is 0 Å². The van der Waals surface area contributed by atoms with Gasteiger partial charge >= 0.3 is 0 Å². The fourth-order valence-electron chi connectivity index (χ4n) is 3.47. The van der Waals surface area contributed by atoms with Crippen LogP contribution in [-0.4, -0.2) is 18.1 Å². The molecule has 1 aliphatic carbocycles. The molecule has 0 N–H and O–H groups in total. The number of anilines is 1. The lowest BCUT2D eigenvalue weighted by Gasteiger charge is -2.41. The molecule has 1 saturated heterocycles. The van der Waals surface area contributed by atoms with Crippen LogP contribution in [0.15, 0.2) is 18.3 Å². The van der Waals surface area contributed by atoms with Gasteiger partial charge in [0.25, 0.3) is 0 Å². The van der Waals surface area contributed by atoms with Crippen LogP contribution in [-0.2, 0) is 0 Å². The summed E-state index contributed by atoms with van der Waals surface area (Å²) in [6.07, 6.45) is 8.65. The maximum absolute atomic E-state index is 8.95. The van der Waals surface area contributed by atoms with E-state index >= 15 is 0 Å². The van der Waals surface area contributed by atoms with Crippen LogP contribution in [0.4, 0.5) is 5.82 Å². The molecule has 94 valence electrons. The molecule has 3 rings (SSSR count). The largest absolute Gasteiger partial charge is 0.356 e. The van der Waals surface area contributed by atoms with Gasteiger partial charge in [-0.15, -0.1) is 0 Å². The Balaban J connectivity index is 1.75. The van der Waals surface area contributed by atoms with Gasteiger partial charge in [0.2, 0.25) is 0 Å². The third kappa shape index (κ3) is 2.20. The van der Waals surface area contributed by atoms with Crippen LogP contribution in [0.1, 0.15) is 37.7 Å². The average molecular weight is 241 g/mol. The molecule has 3 heteroatoms. The molecule has 0 radical (unpaired) electrons. The van der Waals surface area contributed by atoms with Crippen molar-refractivity contribution in [2.75, 3.05) is 18.0 Å². The highest BCUT2D eigenvalue weighted by Gasteiger charge is 2.31. The third-order valence-corrected chi connectivity index (χ3v) is 4.49. The number of fused-ring (bicyclic) bond motifs is 1. The molecular weight excluding hydrogens is 222 g/mol. The Morgan fingerprint density at radius 1 is 1.22 bits per heavy atom. The van der Waals surface area contributed by atoms with Gasteiger partial charge in [-0.1, -0.05) is 19.3 Å². The van der Waals surface area contributed by atoms with Crippen LogP contribution >= 0.6 is 0 Å². The van der Waals surface area contributed by atoms with Crippen LogP contribution in [0.5, 0.6) is 0 Å². The summed E-state index contributed by atoms with van der Waals surface area (Å²) in [6, 6.07) is 5.89. The summed E-state index contributed by atoms with van der Waals surface area (Å²) >= 11 is 0. The first-order chi connectivity index (χ1) is 8.86. The molecule has 0 bridgehead atoms. The number of hydrogen-bond acceptors (Lipinski definition) is 3. The monoisotopic (exact) mass is 241 g/mol. The molecule has 1 aliphatic heterocycles. The van der Waals surface area contributed by atoms with E-state index in [1.807, 2.05) is 6.07 Å². The summed E-state index contributed by atoms with van der Waals surface area (Å²) in [4.78, 5) is 6.79. The zero-order valence-corrected chi connectivity index (χ0v) is 10.7. The highest BCUT2D eigenvalue weighted by atomic mass is 15.2. The van der Waals surface area contributed by atoms with Gasteiger partial charge in [-0.2, -0.15) is 5.26 Å². The van der Waals surface area contributed by atoms with Gasteiger partial charge in [0.15, 0.2) is 0 Å². The van der Waals surface area contributed by atoms with Crippen molar-refractivity contribution >= 4 is 5.82 Å². The minimum Gasteiger partial charge on any atom is -0.356 e. The van der Waals surface area contributed by atoms with E-state index in [1.165, 1.54) is 32.1 Å². The number of aromatic nitrogens is 1. The van der Waals surface area contributed by atoms with Gasteiger partial charge in [0, 0.05) is 19.3 Å². The van der Waals surface area contributed by atoms with Crippen molar-refractivity contribution in [2.45, 2.75) is 32.1 Å². The van der Waals surface area contributed by atoms with Gasteiger partial charge in [-0.3, -0.25) is 0 Å². The average Bonchev–Trinajstić information content (AvgIpc) is 2.47. The topological polar surface area (TPSA) is 39.9 Å². The maximum atomic E-state index is 8.95. The van der Waals surface area contributed by atoms with Gasteiger partial charge < -0.3 is 4.90 Å². The molecule has 18 heavy (non-hydrogen) atoms. The van der Waals surface area contributed by atoms with Crippen LogP contribution in [0.2, 0.25) is 0 Å². The first kappa shape index (κ1) is 11.5. The summed E-state index contributed by atoms with van der Waals surface area (Å²) < 4.78 is 0. The molecule has 2 fully saturated rings. The standard InChI is InChI=1S/C15H19N3/c16-10-12-5-7-17-15(9-12)18-8-6-13-3-1-2-4-14(13)11-18/h5,7,9,13-14H,1-4,6,8,11H2. The van der Waals surface area contributed by atoms with E-state index in [2.05, 4.69) is 16.0 Å². The second-order valence-corrected chi connectivity index (χ2v) is 5.55. The molecular formula is C15H19N3. The fraction of sp³-hybridized carbons (Fsp3) is 0.600. The Morgan fingerprint density at radius 2 is 2.06 bits per heavy atom. The molecule has 3 nitrogen and oxygen atoms in total. The van der Waals surface area contributed by atoms with Crippen LogP contribution in [0.3, 0.4) is 0 Å². The highest BCUT2D eigenvalue weighted by Crippen LogP contribution is 2.37. The molecule has 0 aromatic carbocycles. The molecule has 0 amide bonds. The molecule has 2 aliphatic rings. The van der Waals surface area contributed by atoms with Crippen molar-refractivity contribution in [1.29, 1.82) is 5.26 Å². The SMILES string of the molecule is N#Cc1ccnc(N2CCC3CCCCC3C2)c1. The zero-order chi connectivity index (χ0) is 12.4. The molecule has 2 heterocycles. The Kier molecular flexibility index (Phi) is 3.19. The van der Waals surface area contributed by atoms with Gasteiger partial charge in [-0.25, -0.2) is 4.98 Å². The second kappa shape index (κ2) is 4.97. The van der Waals surface area contributed by atoms with Crippen LogP contribution < -0.4 is 4.90 Å². The summed E-state index contributed by atoms with van der Waals surface area (Å²) in [5.74, 6) is 2.77. The number of nitrogens with zero attached hydrogens (tertiary/aromatic N) is 3. The normalized spacial score (nSPS) is 27.4. The fourth-order valence-corrected chi connectivity index (χ4v) is 3.47. The lowest BCUT2D eigenvalue weighted by atomic mass is 9.75. The smallest absolute Gasteiger partial charge is 0.129 e. The van der Waals surface area contributed by atoms with Gasteiger partial charge in [-0.05, 0) is 36.8 Å². The van der Waals surface area contributed by atoms with Crippen LogP contribution in [0.25, 0.3) is 0 Å². The van der Waals surface area contributed by atoms with Crippen molar-refractivity contribution in [1.82, 2.24) is 4.98 Å². The third-order valence-electron chi connectivity index (χ3n) is 4.49. The van der Waals surface area contributed by atoms with Gasteiger partial charge in [0.1, 0.15) is 5.82 Å². The van der Waals surface area contributed by atoms with Crippen molar-refractivity contribution in [3.8, 4) is 6.07 Å². The summed E-state index contributed by atoms with van der Waals surface area (Å²) in [5, 5.41) is 8.95. The van der Waals surface area contributed by atoms with E-state index in [0.717, 1.165) is 30.7 Å². The summed E-state index contributed by atoms with van der Waals surface area (Å²) in [6.45, 7) is 2.23. The lowest BCUT2D eigenvalue weighted by molar-refractivity contribution is 0.202. The molecule has 0 spiro atoms. The van der Waals surface area contributed by atoms with Crippen molar-refractivity contribution < 1.29 is 0 Å². The predicted molar refractivity (Wildman–Crippen MR) is 71.2 cm³/mol. The molecule has 2 atom stereocenters.